The average molecular weight is 346 g/mol. The van der Waals surface area contributed by atoms with Gasteiger partial charge >= 0.3 is 0 Å². The molecule has 0 aromatic carbocycles. The van der Waals surface area contributed by atoms with Gasteiger partial charge in [-0.2, -0.15) is 0 Å². The molecule has 0 fully saturated rings. The van der Waals surface area contributed by atoms with Gasteiger partial charge in [-0.05, 0) is 37.8 Å². The second-order valence-corrected chi connectivity index (χ2v) is 6.17. The number of carbonyl (C=O) groups is 2. The van der Waals surface area contributed by atoms with Crippen molar-refractivity contribution in [1.82, 2.24) is 5.32 Å². The molecule has 2 atom stereocenters. The van der Waals surface area contributed by atoms with E-state index in [2.05, 4.69) is 15.3 Å². The zero-order valence-electron chi connectivity index (χ0n) is 14.6. The highest BCUT2D eigenvalue weighted by molar-refractivity contribution is 6.27. The number of ether oxygens (including phenoxy) is 1. The van der Waals surface area contributed by atoms with E-state index in [1.807, 2.05) is 13.8 Å². The number of Topliss-reactive ketones (excluding diaryl/α,β-unsaturated/α-hetero) is 1. The summed E-state index contributed by atoms with van der Waals surface area (Å²) in [6, 6.07) is 0. The van der Waals surface area contributed by atoms with Crippen LogP contribution in [-0.2, 0) is 14.3 Å². The summed E-state index contributed by atoms with van der Waals surface area (Å²) in [6.07, 6.45) is 2.54. The van der Waals surface area contributed by atoms with Crippen molar-refractivity contribution in [2.45, 2.75) is 39.7 Å². The number of nitrogens with zero attached hydrogens (tertiary/aromatic N) is 3. The molecule has 1 amide bonds. The van der Waals surface area contributed by atoms with E-state index in [0.29, 0.717) is 37.1 Å². The summed E-state index contributed by atoms with van der Waals surface area (Å²) in [7, 11) is 0. The maximum Gasteiger partial charge on any atom is 0.259 e. The minimum absolute atomic E-state index is 0.0589. The van der Waals surface area contributed by atoms with Gasteiger partial charge in [-0.25, -0.2) is 0 Å². The molecule has 2 N–H and O–H groups in total. The highest BCUT2D eigenvalue weighted by atomic mass is 16.5. The van der Waals surface area contributed by atoms with Crippen molar-refractivity contribution in [2.24, 2.45) is 11.0 Å². The van der Waals surface area contributed by atoms with Gasteiger partial charge in [0.25, 0.3) is 5.91 Å². The molecule has 134 valence electrons. The number of unbranched alkanes of at least 4 members (excludes halogenated alkanes) is 1. The van der Waals surface area contributed by atoms with E-state index in [1.165, 1.54) is 6.26 Å². The smallest absolute Gasteiger partial charge is 0.259 e. The fourth-order valence-electron chi connectivity index (χ4n) is 2.97. The fourth-order valence-corrected chi connectivity index (χ4v) is 2.97. The molecule has 0 aromatic rings. The molecule has 0 saturated heterocycles. The van der Waals surface area contributed by atoms with Crippen LogP contribution < -0.4 is 5.32 Å². The monoisotopic (exact) mass is 346 g/mol. The molecule has 0 saturated carbocycles. The summed E-state index contributed by atoms with van der Waals surface area (Å²) in [5.41, 5.74) is 9.52. The van der Waals surface area contributed by atoms with Crippen LogP contribution in [0.1, 0.15) is 33.6 Å². The van der Waals surface area contributed by atoms with Gasteiger partial charge in [-0.3, -0.25) is 9.59 Å². The number of aliphatic hydroxyl groups is 1. The topological polar surface area (TPSA) is 124 Å². The molecule has 0 spiro atoms. The van der Waals surface area contributed by atoms with E-state index in [0.717, 1.165) is 5.57 Å². The molecule has 1 heterocycles. The molecule has 0 unspecified atom stereocenters. The molecule has 0 aromatic heterocycles. The number of hydrogen-bond donors (Lipinski definition) is 2. The minimum atomic E-state index is -0.614. The van der Waals surface area contributed by atoms with Crippen molar-refractivity contribution in [3.8, 4) is 0 Å². The van der Waals surface area contributed by atoms with Crippen molar-refractivity contribution in [3.05, 3.63) is 44.8 Å². The van der Waals surface area contributed by atoms with Crippen LogP contribution in [-0.4, -0.2) is 36.0 Å². The Balaban J connectivity index is 2.14. The molecular formula is C17H22N4O4. The first kappa shape index (κ1) is 18.6. The number of azide groups is 1. The number of carbonyl (C=O) groups excluding carboxylic acids is 2. The second kappa shape index (κ2) is 7.90. The normalized spacial score (nSPS) is 22.7. The lowest BCUT2D eigenvalue weighted by atomic mass is 9.78. The number of ketones is 1. The van der Waals surface area contributed by atoms with Crippen molar-refractivity contribution in [1.29, 1.82) is 0 Å². The number of allylic oxidation sites excluding steroid dienone is 2. The maximum absolute atomic E-state index is 12.6. The molecule has 1 aliphatic heterocycles. The van der Waals surface area contributed by atoms with Gasteiger partial charge in [-0.15, -0.1) is 0 Å². The number of nitrogens with one attached hydrogen (secondary N) is 1. The quantitative estimate of drug-likeness (QED) is 0.252. The maximum atomic E-state index is 12.6. The Morgan fingerprint density at radius 1 is 1.44 bits per heavy atom. The van der Waals surface area contributed by atoms with Gasteiger partial charge < -0.3 is 15.2 Å². The van der Waals surface area contributed by atoms with E-state index < -0.39 is 11.7 Å². The molecule has 1 aliphatic carbocycles. The fraction of sp³-hybridized carbons (Fsp3) is 0.529. The van der Waals surface area contributed by atoms with Crippen LogP contribution in [0.5, 0.6) is 0 Å². The van der Waals surface area contributed by atoms with Gasteiger partial charge in [0.05, 0.1) is 11.8 Å². The molecule has 0 bridgehead atoms. The van der Waals surface area contributed by atoms with E-state index in [4.69, 9.17) is 10.3 Å². The summed E-state index contributed by atoms with van der Waals surface area (Å²) < 4.78 is 5.50. The van der Waals surface area contributed by atoms with Crippen LogP contribution in [0.25, 0.3) is 10.4 Å². The Bertz CT molecular complexity index is 729. The molecule has 2 aliphatic rings. The third-order valence-corrected chi connectivity index (χ3v) is 4.57. The first-order valence-corrected chi connectivity index (χ1v) is 8.24. The minimum Gasteiger partial charge on any atom is -0.506 e. The van der Waals surface area contributed by atoms with Crippen molar-refractivity contribution in [2.75, 3.05) is 13.1 Å². The predicted octanol–water partition coefficient (Wildman–Crippen LogP) is 2.84. The Hall–Kier alpha value is -2.73. The van der Waals surface area contributed by atoms with Gasteiger partial charge in [0.1, 0.15) is 17.4 Å². The van der Waals surface area contributed by atoms with Crippen LogP contribution in [0, 0.1) is 5.92 Å². The first-order chi connectivity index (χ1) is 11.9. The SMILES string of the molecule is CC1=C2C(=CO[C@H](C)[C@H]2C)C(O)=C(C(=O)NCCCCN=[N+]=[N-])C1=O. The molecular weight excluding hydrogens is 324 g/mol. The lowest BCUT2D eigenvalue weighted by Crippen LogP contribution is -2.36. The first-order valence-electron chi connectivity index (χ1n) is 8.24. The number of amides is 1. The highest BCUT2D eigenvalue weighted by Crippen LogP contribution is 2.40. The highest BCUT2D eigenvalue weighted by Gasteiger charge is 2.39. The number of rotatable bonds is 6. The van der Waals surface area contributed by atoms with Gasteiger partial charge in [0.2, 0.25) is 0 Å². The Morgan fingerprint density at radius 2 is 2.16 bits per heavy atom. The van der Waals surface area contributed by atoms with Gasteiger partial charge in [-0.1, -0.05) is 12.0 Å². The Labute approximate surface area is 145 Å². The van der Waals surface area contributed by atoms with Crippen LogP contribution in [0.2, 0.25) is 0 Å². The van der Waals surface area contributed by atoms with E-state index in [9.17, 15) is 14.7 Å². The predicted molar refractivity (Wildman–Crippen MR) is 91.4 cm³/mol. The Morgan fingerprint density at radius 3 is 2.84 bits per heavy atom. The molecule has 8 heteroatoms. The summed E-state index contributed by atoms with van der Waals surface area (Å²) in [5.74, 6) is -1.47. The summed E-state index contributed by atoms with van der Waals surface area (Å²) in [5, 5.41) is 16.5. The Kier molecular flexibility index (Phi) is 5.88. The largest absolute Gasteiger partial charge is 0.506 e. The molecule has 0 radical (unpaired) electrons. The molecule has 25 heavy (non-hydrogen) atoms. The molecule has 2 rings (SSSR count). The standard InChI is InChI=1S/C17H22N4O4/c1-9-11(3)25-8-12-13(9)10(2)15(22)14(16(12)23)17(24)19-6-4-5-7-20-21-18/h8-9,11,23H,4-7H2,1-3H3,(H,19,24)/t9-,11-/m1/s1. The summed E-state index contributed by atoms with van der Waals surface area (Å²) in [4.78, 5) is 27.6. The van der Waals surface area contributed by atoms with Crippen molar-refractivity contribution in [3.63, 3.8) is 0 Å². The van der Waals surface area contributed by atoms with Crippen LogP contribution >= 0.6 is 0 Å². The number of aliphatic hydroxyl groups excluding tert-OH is 1. The lowest BCUT2D eigenvalue weighted by Gasteiger charge is -2.33. The average Bonchev–Trinajstić information content (AvgIpc) is 2.58. The summed E-state index contributed by atoms with van der Waals surface area (Å²) >= 11 is 0. The molecule has 8 nitrogen and oxygen atoms in total. The zero-order valence-corrected chi connectivity index (χ0v) is 14.6. The van der Waals surface area contributed by atoms with Crippen LogP contribution in [0.4, 0.5) is 0 Å². The van der Waals surface area contributed by atoms with Gasteiger partial charge in [0, 0.05) is 29.5 Å². The van der Waals surface area contributed by atoms with E-state index in [1.54, 1.807) is 6.92 Å². The lowest BCUT2D eigenvalue weighted by molar-refractivity contribution is -0.121. The van der Waals surface area contributed by atoms with Crippen LogP contribution in [0.3, 0.4) is 0 Å². The zero-order chi connectivity index (χ0) is 18.6. The summed E-state index contributed by atoms with van der Waals surface area (Å²) in [6.45, 7) is 6.15. The number of fused-ring (bicyclic) bond motifs is 1. The van der Waals surface area contributed by atoms with Crippen molar-refractivity contribution >= 4 is 11.7 Å². The number of hydrogen-bond acceptors (Lipinski definition) is 5. The van der Waals surface area contributed by atoms with E-state index in [-0.39, 0.29) is 23.4 Å². The third kappa shape index (κ3) is 3.69. The van der Waals surface area contributed by atoms with E-state index >= 15 is 0 Å². The second-order valence-electron chi connectivity index (χ2n) is 6.17. The van der Waals surface area contributed by atoms with Gasteiger partial charge in [0.15, 0.2) is 5.78 Å². The third-order valence-electron chi connectivity index (χ3n) is 4.57. The van der Waals surface area contributed by atoms with Crippen LogP contribution in [0.15, 0.2) is 39.4 Å². The van der Waals surface area contributed by atoms with Crippen molar-refractivity contribution < 1.29 is 19.4 Å².